The Hall–Kier alpha value is -1.94. The number of hydrogen-bond acceptors (Lipinski definition) is 15. The number of phosphoric acid groups is 2. The predicted molar refractivity (Wildman–Crippen MR) is 345 cm³/mol. The maximum atomic E-state index is 13.0. The first-order valence-electron chi connectivity index (χ1n) is 35.1. The van der Waals surface area contributed by atoms with E-state index in [2.05, 4.69) is 41.5 Å². The van der Waals surface area contributed by atoms with Crippen molar-refractivity contribution in [2.75, 3.05) is 39.6 Å². The van der Waals surface area contributed by atoms with Gasteiger partial charge in [-0.2, -0.15) is 0 Å². The third kappa shape index (κ3) is 58.4. The van der Waals surface area contributed by atoms with Crippen LogP contribution in [0, 0.1) is 11.8 Å². The molecule has 510 valence electrons. The Kier molecular flexibility index (Phi) is 58.0. The number of rotatable bonds is 66. The van der Waals surface area contributed by atoms with Crippen molar-refractivity contribution in [1.29, 1.82) is 0 Å². The zero-order chi connectivity index (χ0) is 63.6. The van der Waals surface area contributed by atoms with Crippen LogP contribution in [0.3, 0.4) is 0 Å². The van der Waals surface area contributed by atoms with Crippen molar-refractivity contribution in [2.45, 2.75) is 355 Å². The van der Waals surface area contributed by atoms with E-state index in [9.17, 15) is 43.2 Å². The van der Waals surface area contributed by atoms with Crippen molar-refractivity contribution >= 4 is 39.5 Å². The normalized spacial score (nSPS) is 14.8. The third-order valence-electron chi connectivity index (χ3n) is 16.2. The molecule has 0 saturated heterocycles. The molecule has 0 aliphatic rings. The summed E-state index contributed by atoms with van der Waals surface area (Å²) in [5.74, 6) is -0.645. The van der Waals surface area contributed by atoms with Crippen molar-refractivity contribution < 1.29 is 80.2 Å². The predicted octanol–water partition coefficient (Wildman–Crippen LogP) is 18.8. The SMILES string of the molecule is CCCCCCCCCCCCCCCCCCCCCC(=O)O[C@H](COC(=O)CCCCCCCCCCC(C)CC)COP(=O)(O)OC[C@@H](O)COP(=O)(O)OC[C@@H](COC(=O)CCCCCCC)OC(=O)CCCCCCCCC(C)CC. The second kappa shape index (κ2) is 59.4. The zero-order valence-corrected chi connectivity index (χ0v) is 57.4. The molecule has 0 radical (unpaired) electrons. The van der Waals surface area contributed by atoms with Crippen LogP contribution in [0.1, 0.15) is 337 Å². The van der Waals surface area contributed by atoms with Crippen molar-refractivity contribution in [1.82, 2.24) is 0 Å². The average Bonchev–Trinajstić information content (AvgIpc) is 3.64. The summed E-state index contributed by atoms with van der Waals surface area (Å²) in [4.78, 5) is 72.1. The third-order valence-corrected chi connectivity index (χ3v) is 18.1. The van der Waals surface area contributed by atoms with Gasteiger partial charge in [-0.25, -0.2) is 9.13 Å². The summed E-state index contributed by atoms with van der Waals surface area (Å²) in [7, 11) is -9.88. The number of ether oxygens (including phenoxy) is 4. The fourth-order valence-electron chi connectivity index (χ4n) is 10.00. The monoisotopic (exact) mass is 1270 g/mol. The molecule has 0 bridgehead atoms. The molecule has 17 nitrogen and oxygen atoms in total. The highest BCUT2D eigenvalue weighted by Crippen LogP contribution is 2.45. The van der Waals surface area contributed by atoms with Crippen LogP contribution in [0.25, 0.3) is 0 Å². The van der Waals surface area contributed by atoms with E-state index in [4.69, 9.17) is 37.0 Å². The van der Waals surface area contributed by atoms with Crippen molar-refractivity contribution in [2.24, 2.45) is 11.8 Å². The van der Waals surface area contributed by atoms with Gasteiger partial charge in [-0.1, -0.05) is 286 Å². The highest BCUT2D eigenvalue weighted by molar-refractivity contribution is 7.47. The van der Waals surface area contributed by atoms with Gasteiger partial charge in [-0.3, -0.25) is 37.3 Å². The van der Waals surface area contributed by atoms with Crippen molar-refractivity contribution in [3.8, 4) is 0 Å². The maximum Gasteiger partial charge on any atom is 0.472 e. The first-order chi connectivity index (χ1) is 41.4. The van der Waals surface area contributed by atoms with Crippen LogP contribution in [0.4, 0.5) is 0 Å². The van der Waals surface area contributed by atoms with Gasteiger partial charge in [0, 0.05) is 25.7 Å². The summed E-state index contributed by atoms with van der Waals surface area (Å²) in [6.45, 7) is 9.38. The minimum atomic E-state index is -4.95. The second-order valence-corrected chi connectivity index (χ2v) is 27.6. The Morgan fingerprint density at radius 1 is 0.326 bits per heavy atom. The maximum absolute atomic E-state index is 13.0. The first-order valence-corrected chi connectivity index (χ1v) is 38.1. The number of carbonyl (C=O) groups is 4. The van der Waals surface area contributed by atoms with E-state index in [0.29, 0.717) is 25.7 Å². The van der Waals surface area contributed by atoms with E-state index in [-0.39, 0.29) is 25.7 Å². The quantitative estimate of drug-likeness (QED) is 0.0222. The fourth-order valence-corrected chi connectivity index (χ4v) is 11.6. The van der Waals surface area contributed by atoms with E-state index < -0.39 is 97.5 Å². The van der Waals surface area contributed by atoms with Crippen LogP contribution >= 0.6 is 15.6 Å². The van der Waals surface area contributed by atoms with Gasteiger partial charge >= 0.3 is 39.5 Å². The number of aliphatic hydroxyl groups is 1. The number of esters is 4. The topological polar surface area (TPSA) is 237 Å². The van der Waals surface area contributed by atoms with Crippen LogP contribution in [0.15, 0.2) is 0 Å². The number of carbonyl (C=O) groups excluding carboxylic acids is 4. The van der Waals surface area contributed by atoms with Gasteiger partial charge < -0.3 is 33.8 Å². The summed E-state index contributed by atoms with van der Waals surface area (Å²) in [5.41, 5.74) is 0. The Labute approximate surface area is 524 Å². The number of aliphatic hydroxyl groups excluding tert-OH is 1. The van der Waals surface area contributed by atoms with Gasteiger partial charge in [0.15, 0.2) is 12.2 Å². The van der Waals surface area contributed by atoms with Gasteiger partial charge in [0.25, 0.3) is 0 Å². The fraction of sp³-hybridized carbons (Fsp3) is 0.940. The first kappa shape index (κ1) is 84.1. The number of phosphoric ester groups is 2. The molecule has 4 unspecified atom stereocenters. The van der Waals surface area contributed by atoms with Crippen LogP contribution in [0.2, 0.25) is 0 Å². The molecule has 0 heterocycles. The minimum absolute atomic E-state index is 0.102. The zero-order valence-electron chi connectivity index (χ0n) is 55.6. The summed E-state index contributed by atoms with van der Waals surface area (Å²) < 4.78 is 67.9. The molecule has 86 heavy (non-hydrogen) atoms. The smallest absolute Gasteiger partial charge is 0.462 e. The minimum Gasteiger partial charge on any atom is -0.462 e. The molecule has 7 atom stereocenters. The number of hydrogen-bond donors (Lipinski definition) is 3. The molecule has 19 heteroatoms. The lowest BCUT2D eigenvalue weighted by atomic mass is 9.99. The molecule has 0 fully saturated rings. The summed E-state index contributed by atoms with van der Waals surface area (Å²) in [6, 6.07) is 0. The lowest BCUT2D eigenvalue weighted by Gasteiger charge is -2.21. The van der Waals surface area contributed by atoms with E-state index in [1.165, 1.54) is 148 Å². The molecule has 3 N–H and O–H groups in total. The van der Waals surface area contributed by atoms with Gasteiger partial charge in [0.05, 0.1) is 26.4 Å². The standard InChI is InChI=1S/C67H130O17P2/c1-7-11-13-15-16-17-18-19-20-21-22-23-24-25-26-27-32-39-45-51-66(71)83-63(56-78-65(70)50-44-38-31-29-28-30-36-41-47-59(5)9-3)58-82-86(75,76)80-54-61(68)53-79-85(73,74)81-57-62(55-77-64(69)49-43-35-14-12-8-2)84-67(72)52-46-40-34-33-37-42-48-60(6)10-4/h59-63,68H,7-58H2,1-6H3,(H,73,74)(H,75,76)/t59?,60?,61-,62+,63+/m0/s1. The highest BCUT2D eigenvalue weighted by Gasteiger charge is 2.30. The molecule has 0 aromatic heterocycles. The Morgan fingerprint density at radius 2 is 0.558 bits per heavy atom. The van der Waals surface area contributed by atoms with Crippen LogP contribution < -0.4 is 0 Å². The Bertz CT molecular complexity index is 1690. The molecule has 0 aromatic carbocycles. The molecular weight excluding hydrogens is 1140 g/mol. The lowest BCUT2D eigenvalue weighted by Crippen LogP contribution is -2.30. The van der Waals surface area contributed by atoms with E-state index in [1.54, 1.807) is 0 Å². The molecule has 0 aliphatic carbocycles. The Balaban J connectivity index is 5.14. The van der Waals surface area contributed by atoms with E-state index >= 15 is 0 Å². The van der Waals surface area contributed by atoms with Crippen LogP contribution in [-0.4, -0.2) is 96.7 Å². The van der Waals surface area contributed by atoms with Gasteiger partial charge in [-0.15, -0.1) is 0 Å². The molecule has 0 saturated carbocycles. The van der Waals surface area contributed by atoms with Crippen molar-refractivity contribution in [3.63, 3.8) is 0 Å². The summed E-state index contributed by atoms with van der Waals surface area (Å²) in [6.07, 6.45) is 43.6. The number of unbranched alkanes of at least 4 members (excludes halogenated alkanes) is 34. The van der Waals surface area contributed by atoms with Crippen LogP contribution in [-0.2, 0) is 65.4 Å². The summed E-state index contributed by atoms with van der Waals surface area (Å²) >= 11 is 0. The van der Waals surface area contributed by atoms with Gasteiger partial charge in [0.1, 0.15) is 19.3 Å². The second-order valence-electron chi connectivity index (χ2n) is 24.7. The van der Waals surface area contributed by atoms with Crippen LogP contribution in [0.5, 0.6) is 0 Å². The lowest BCUT2D eigenvalue weighted by molar-refractivity contribution is -0.161. The van der Waals surface area contributed by atoms with Gasteiger partial charge in [-0.05, 0) is 37.5 Å². The molecule has 0 aliphatic heterocycles. The largest absolute Gasteiger partial charge is 0.472 e. The molecule has 0 rings (SSSR count). The Morgan fingerprint density at radius 3 is 0.826 bits per heavy atom. The molecule has 0 amide bonds. The van der Waals surface area contributed by atoms with Crippen molar-refractivity contribution in [3.05, 3.63) is 0 Å². The molecular formula is C67H130O17P2. The molecule has 0 aromatic rings. The van der Waals surface area contributed by atoms with E-state index in [1.807, 2.05) is 0 Å². The highest BCUT2D eigenvalue weighted by atomic mass is 31.2. The van der Waals surface area contributed by atoms with E-state index in [0.717, 1.165) is 108 Å². The summed E-state index contributed by atoms with van der Waals surface area (Å²) in [5, 5.41) is 10.5. The van der Waals surface area contributed by atoms with Gasteiger partial charge in [0.2, 0.25) is 0 Å². The molecule has 0 spiro atoms. The average molecular weight is 1270 g/mol.